The van der Waals surface area contributed by atoms with Crippen molar-refractivity contribution in [1.29, 1.82) is 0 Å². The summed E-state index contributed by atoms with van der Waals surface area (Å²) in [6, 6.07) is 18.1. The quantitative estimate of drug-likeness (QED) is 0.384. The minimum atomic E-state index is -0.913. The zero-order chi connectivity index (χ0) is 24.8. The van der Waals surface area contributed by atoms with Gasteiger partial charge in [-0.3, -0.25) is 4.79 Å². The SMILES string of the molecule is CC(N)c1cccc(-c2cc(CCC3CCCO3)cc(COc3ccccc3CC(=O)O)c2)c1F. The van der Waals surface area contributed by atoms with Crippen LogP contribution in [-0.2, 0) is 29.0 Å². The maximum atomic E-state index is 15.3. The van der Waals surface area contributed by atoms with E-state index < -0.39 is 12.0 Å². The molecular formula is C29H32FNO4. The number of hydrogen-bond acceptors (Lipinski definition) is 4. The molecule has 5 nitrogen and oxygen atoms in total. The van der Waals surface area contributed by atoms with E-state index in [2.05, 4.69) is 6.07 Å². The lowest BCUT2D eigenvalue weighted by atomic mass is 9.94. The Bertz CT molecular complexity index is 1170. The number of para-hydroxylation sites is 1. The predicted molar refractivity (Wildman–Crippen MR) is 134 cm³/mol. The number of nitrogens with two attached hydrogens (primary N) is 1. The summed E-state index contributed by atoms with van der Waals surface area (Å²) in [5, 5.41) is 9.20. The van der Waals surface area contributed by atoms with Crippen LogP contribution in [0.1, 0.15) is 54.5 Å². The lowest BCUT2D eigenvalue weighted by molar-refractivity contribution is -0.136. The number of carbonyl (C=O) groups is 1. The highest BCUT2D eigenvalue weighted by Gasteiger charge is 2.17. The van der Waals surface area contributed by atoms with Gasteiger partial charge in [0.05, 0.1) is 12.5 Å². The molecule has 1 aliphatic rings. The minimum Gasteiger partial charge on any atom is -0.489 e. The average molecular weight is 478 g/mol. The largest absolute Gasteiger partial charge is 0.489 e. The summed E-state index contributed by atoms with van der Waals surface area (Å²) in [6.45, 7) is 2.83. The first kappa shape index (κ1) is 24.9. The van der Waals surface area contributed by atoms with Gasteiger partial charge in [-0.2, -0.15) is 0 Å². The van der Waals surface area contributed by atoms with Crippen LogP contribution in [0, 0.1) is 5.82 Å². The molecule has 0 aliphatic carbocycles. The molecule has 0 bridgehead atoms. The van der Waals surface area contributed by atoms with Crippen LogP contribution in [0.15, 0.2) is 60.7 Å². The number of hydrogen-bond donors (Lipinski definition) is 2. The van der Waals surface area contributed by atoms with E-state index in [1.165, 1.54) is 0 Å². The summed E-state index contributed by atoms with van der Waals surface area (Å²) in [5.41, 5.74) is 10.3. The van der Waals surface area contributed by atoms with Gasteiger partial charge in [0.15, 0.2) is 0 Å². The molecule has 0 saturated carbocycles. The number of aliphatic carboxylic acids is 1. The van der Waals surface area contributed by atoms with E-state index >= 15 is 4.39 Å². The highest BCUT2D eigenvalue weighted by atomic mass is 19.1. The lowest BCUT2D eigenvalue weighted by Gasteiger charge is -2.16. The van der Waals surface area contributed by atoms with Crippen LogP contribution in [0.25, 0.3) is 11.1 Å². The molecule has 3 N–H and O–H groups in total. The van der Waals surface area contributed by atoms with Crippen molar-refractivity contribution >= 4 is 5.97 Å². The number of ether oxygens (including phenoxy) is 2. The van der Waals surface area contributed by atoms with E-state index in [0.29, 0.717) is 22.4 Å². The fraction of sp³-hybridized carbons (Fsp3) is 0.345. The molecule has 0 spiro atoms. The van der Waals surface area contributed by atoms with Crippen LogP contribution in [0.3, 0.4) is 0 Å². The average Bonchev–Trinajstić information content (AvgIpc) is 3.35. The van der Waals surface area contributed by atoms with Gasteiger partial charge in [0.1, 0.15) is 18.2 Å². The Morgan fingerprint density at radius 2 is 1.97 bits per heavy atom. The van der Waals surface area contributed by atoms with Crippen molar-refractivity contribution in [3.05, 3.63) is 88.7 Å². The second-order valence-electron chi connectivity index (χ2n) is 9.18. The Labute approximate surface area is 205 Å². The predicted octanol–water partition coefficient (Wildman–Crippen LogP) is 5.83. The van der Waals surface area contributed by atoms with Crippen LogP contribution in [0.5, 0.6) is 5.75 Å². The van der Waals surface area contributed by atoms with Gasteiger partial charge in [-0.05, 0) is 61.4 Å². The van der Waals surface area contributed by atoms with Crippen molar-refractivity contribution in [2.75, 3.05) is 6.61 Å². The number of benzene rings is 3. The third kappa shape index (κ3) is 6.47. The Kier molecular flexibility index (Phi) is 8.16. The van der Waals surface area contributed by atoms with Gasteiger partial charge in [0, 0.05) is 29.3 Å². The number of rotatable bonds is 10. The summed E-state index contributed by atoms with van der Waals surface area (Å²) in [6.07, 6.45) is 4.04. The Hall–Kier alpha value is -3.22. The molecule has 3 aromatic carbocycles. The molecule has 35 heavy (non-hydrogen) atoms. The molecule has 1 fully saturated rings. The maximum absolute atomic E-state index is 15.3. The number of aryl methyl sites for hydroxylation is 1. The second kappa shape index (κ2) is 11.5. The highest BCUT2D eigenvalue weighted by molar-refractivity contribution is 5.71. The highest BCUT2D eigenvalue weighted by Crippen LogP contribution is 2.31. The van der Waals surface area contributed by atoms with Crippen LogP contribution < -0.4 is 10.5 Å². The Balaban J connectivity index is 1.63. The first-order valence-electron chi connectivity index (χ1n) is 12.1. The first-order chi connectivity index (χ1) is 16.9. The molecule has 2 atom stereocenters. The topological polar surface area (TPSA) is 81.8 Å². The molecule has 0 aromatic heterocycles. The summed E-state index contributed by atoms with van der Waals surface area (Å²) < 4.78 is 27.2. The minimum absolute atomic E-state index is 0.113. The van der Waals surface area contributed by atoms with Crippen molar-refractivity contribution in [2.24, 2.45) is 5.73 Å². The van der Waals surface area contributed by atoms with Gasteiger partial charge in [0.2, 0.25) is 0 Å². The fourth-order valence-electron chi connectivity index (χ4n) is 4.58. The molecule has 0 amide bonds. The zero-order valence-electron chi connectivity index (χ0n) is 20.0. The van der Waals surface area contributed by atoms with E-state index in [1.807, 2.05) is 24.3 Å². The van der Waals surface area contributed by atoms with Gasteiger partial charge in [-0.25, -0.2) is 4.39 Å². The van der Waals surface area contributed by atoms with Gasteiger partial charge in [0.25, 0.3) is 0 Å². The van der Waals surface area contributed by atoms with E-state index in [9.17, 15) is 9.90 Å². The number of carboxylic acids is 1. The van der Waals surface area contributed by atoms with Gasteiger partial charge in [-0.1, -0.05) is 48.5 Å². The normalized spacial score (nSPS) is 16.3. The molecule has 1 saturated heterocycles. The fourth-order valence-corrected chi connectivity index (χ4v) is 4.58. The van der Waals surface area contributed by atoms with Crippen LogP contribution in [-0.4, -0.2) is 23.8 Å². The van der Waals surface area contributed by atoms with Crippen molar-refractivity contribution in [3.8, 4) is 16.9 Å². The van der Waals surface area contributed by atoms with Crippen LogP contribution >= 0.6 is 0 Å². The number of carboxylic acid groups (broad SMARTS) is 1. The molecule has 3 aromatic rings. The maximum Gasteiger partial charge on any atom is 0.307 e. The van der Waals surface area contributed by atoms with Crippen LogP contribution in [0.2, 0.25) is 0 Å². The zero-order valence-corrected chi connectivity index (χ0v) is 20.0. The Morgan fingerprint density at radius 1 is 1.17 bits per heavy atom. The molecule has 0 radical (unpaired) electrons. The Morgan fingerprint density at radius 3 is 2.71 bits per heavy atom. The van der Waals surface area contributed by atoms with Crippen molar-refractivity contribution in [1.82, 2.24) is 0 Å². The summed E-state index contributed by atoms with van der Waals surface area (Å²) in [4.78, 5) is 11.2. The molecule has 6 heteroatoms. The molecule has 2 unspecified atom stereocenters. The van der Waals surface area contributed by atoms with Crippen molar-refractivity contribution < 1.29 is 23.8 Å². The van der Waals surface area contributed by atoms with E-state index in [1.54, 1.807) is 37.3 Å². The smallest absolute Gasteiger partial charge is 0.307 e. The van der Waals surface area contributed by atoms with E-state index in [-0.39, 0.29) is 24.9 Å². The molecule has 184 valence electrons. The van der Waals surface area contributed by atoms with Crippen molar-refractivity contribution in [3.63, 3.8) is 0 Å². The first-order valence-corrected chi connectivity index (χ1v) is 12.1. The summed E-state index contributed by atoms with van der Waals surface area (Å²) >= 11 is 0. The van der Waals surface area contributed by atoms with Crippen LogP contribution in [0.4, 0.5) is 4.39 Å². The molecule has 1 aliphatic heterocycles. The van der Waals surface area contributed by atoms with Gasteiger partial charge < -0.3 is 20.3 Å². The van der Waals surface area contributed by atoms with Gasteiger partial charge in [-0.15, -0.1) is 0 Å². The summed E-state index contributed by atoms with van der Waals surface area (Å²) in [7, 11) is 0. The van der Waals surface area contributed by atoms with E-state index in [4.69, 9.17) is 15.2 Å². The lowest BCUT2D eigenvalue weighted by Crippen LogP contribution is -2.09. The van der Waals surface area contributed by atoms with E-state index in [0.717, 1.165) is 49.0 Å². The molecule has 4 rings (SSSR count). The molecular weight excluding hydrogens is 445 g/mol. The third-order valence-corrected chi connectivity index (χ3v) is 6.37. The van der Waals surface area contributed by atoms with Crippen molar-refractivity contribution in [2.45, 2.75) is 57.8 Å². The standard InChI is InChI=1S/C29H32FNO4/c1-19(31)25-8-4-9-26(29(25)30)23-15-20(11-12-24-7-5-13-34-24)14-21(16-23)18-35-27-10-3-2-6-22(27)17-28(32)33/h2-4,6,8-10,14-16,19,24H,5,7,11-13,17-18,31H2,1H3,(H,32,33). The monoisotopic (exact) mass is 477 g/mol. The third-order valence-electron chi connectivity index (χ3n) is 6.37. The number of halogens is 1. The summed E-state index contributed by atoms with van der Waals surface area (Å²) in [5.74, 6) is -0.687. The molecule has 1 heterocycles. The second-order valence-corrected chi connectivity index (χ2v) is 9.18. The van der Waals surface area contributed by atoms with Gasteiger partial charge >= 0.3 is 5.97 Å².